The summed E-state index contributed by atoms with van der Waals surface area (Å²) in [6.07, 6.45) is 4.86. The number of H-pyrrole nitrogens is 1. The van der Waals surface area contributed by atoms with Crippen LogP contribution >= 0.6 is 0 Å². The van der Waals surface area contributed by atoms with Crippen molar-refractivity contribution in [3.63, 3.8) is 0 Å². The van der Waals surface area contributed by atoms with Gasteiger partial charge in [0.2, 0.25) is 5.91 Å². The largest absolute Gasteiger partial charge is 0.454 e. The number of aromatic amines is 1. The molecule has 11 heteroatoms. The zero-order valence-electron chi connectivity index (χ0n) is 18.9. The van der Waals surface area contributed by atoms with Gasteiger partial charge < -0.3 is 20.3 Å². The number of carbonyl (C=O) groups is 3. The van der Waals surface area contributed by atoms with E-state index in [9.17, 15) is 24.0 Å². The number of hydrogen-bond acceptors (Lipinski definition) is 7. The third kappa shape index (κ3) is 6.44. The molecule has 1 fully saturated rings. The third-order valence-electron chi connectivity index (χ3n) is 5.32. The highest BCUT2D eigenvalue weighted by Crippen LogP contribution is 2.18. The molecule has 1 aliphatic heterocycles. The number of rotatable bonds is 10. The molecule has 2 heterocycles. The summed E-state index contributed by atoms with van der Waals surface area (Å²) in [5, 5.41) is 0. The molecule has 0 aliphatic carbocycles. The number of esters is 1. The zero-order chi connectivity index (χ0) is 23.7. The number of unbranched alkanes of at least 4 members (excludes halogenated alkanes) is 1. The smallest absolute Gasteiger partial charge is 0.330 e. The number of anilines is 2. The van der Waals surface area contributed by atoms with E-state index in [0.29, 0.717) is 25.8 Å². The van der Waals surface area contributed by atoms with Crippen LogP contribution in [0, 0.1) is 0 Å². The van der Waals surface area contributed by atoms with E-state index in [-0.39, 0.29) is 37.0 Å². The van der Waals surface area contributed by atoms with Gasteiger partial charge in [-0.25, -0.2) is 4.79 Å². The van der Waals surface area contributed by atoms with Crippen LogP contribution in [0.2, 0.25) is 0 Å². The maximum atomic E-state index is 12.9. The number of aromatic nitrogens is 2. The van der Waals surface area contributed by atoms with E-state index >= 15 is 0 Å². The molecule has 2 amide bonds. The van der Waals surface area contributed by atoms with E-state index in [2.05, 4.69) is 4.98 Å². The lowest BCUT2D eigenvalue weighted by molar-refractivity contribution is -0.151. The molecule has 2 rings (SSSR count). The summed E-state index contributed by atoms with van der Waals surface area (Å²) in [6, 6.07) is 0. The number of likely N-dealkylation sites (tertiary alicyclic amines) is 1. The molecule has 11 nitrogen and oxygen atoms in total. The Kier molecular flexibility index (Phi) is 9.48. The van der Waals surface area contributed by atoms with Gasteiger partial charge in [0.25, 0.3) is 11.5 Å². The Hall–Kier alpha value is -3.11. The fourth-order valence-corrected chi connectivity index (χ4v) is 3.59. The topological polar surface area (TPSA) is 148 Å². The van der Waals surface area contributed by atoms with Crippen LogP contribution in [0.3, 0.4) is 0 Å². The molecule has 1 aromatic rings. The van der Waals surface area contributed by atoms with Crippen molar-refractivity contribution < 1.29 is 19.1 Å². The SMILES string of the molecule is CCCCN(C(=O)COC(=O)CN1CCCCCC1=O)c1c(N)n(CCC)c(=O)[nH]c1=O. The minimum atomic E-state index is -0.772. The molecule has 3 N–H and O–H groups in total. The van der Waals surface area contributed by atoms with Crippen LogP contribution in [0.25, 0.3) is 0 Å². The number of hydrogen-bond donors (Lipinski definition) is 2. The van der Waals surface area contributed by atoms with Gasteiger partial charge in [0.05, 0.1) is 0 Å². The van der Waals surface area contributed by atoms with Gasteiger partial charge in [-0.3, -0.25) is 28.7 Å². The van der Waals surface area contributed by atoms with E-state index in [1.807, 2.05) is 13.8 Å². The van der Waals surface area contributed by atoms with Crippen molar-refractivity contribution >= 4 is 29.3 Å². The van der Waals surface area contributed by atoms with Crippen molar-refractivity contribution in [2.75, 3.05) is 36.9 Å². The number of nitrogens with two attached hydrogens (primary N) is 1. The van der Waals surface area contributed by atoms with Gasteiger partial charge >= 0.3 is 11.7 Å². The van der Waals surface area contributed by atoms with Gasteiger partial charge in [-0.15, -0.1) is 0 Å². The van der Waals surface area contributed by atoms with Crippen molar-refractivity contribution in [3.05, 3.63) is 20.8 Å². The van der Waals surface area contributed by atoms with Gasteiger partial charge in [-0.1, -0.05) is 26.7 Å². The third-order valence-corrected chi connectivity index (χ3v) is 5.32. The maximum Gasteiger partial charge on any atom is 0.330 e. The van der Waals surface area contributed by atoms with Gasteiger partial charge in [0.15, 0.2) is 12.3 Å². The predicted octanol–water partition coefficient (Wildman–Crippen LogP) is 0.608. The van der Waals surface area contributed by atoms with Crippen LogP contribution in [0.5, 0.6) is 0 Å². The summed E-state index contributed by atoms with van der Waals surface area (Å²) >= 11 is 0. The van der Waals surface area contributed by atoms with E-state index in [1.165, 1.54) is 9.47 Å². The highest BCUT2D eigenvalue weighted by Gasteiger charge is 2.26. The quantitative estimate of drug-likeness (QED) is 0.495. The first-order valence-electron chi connectivity index (χ1n) is 11.2. The number of nitrogens with zero attached hydrogens (tertiary/aromatic N) is 3. The lowest BCUT2D eigenvalue weighted by Crippen LogP contribution is -2.43. The molecule has 0 spiro atoms. The molecule has 0 radical (unpaired) electrons. The molecule has 0 bridgehead atoms. The molecular weight excluding hydrogens is 418 g/mol. The highest BCUT2D eigenvalue weighted by atomic mass is 16.5. The summed E-state index contributed by atoms with van der Waals surface area (Å²) in [5.74, 6) is -1.53. The monoisotopic (exact) mass is 451 g/mol. The standard InChI is InChI=1S/C21H33N5O6/c1-3-5-12-25(18-19(22)26(10-4-2)21(31)23-20(18)30)16(28)14-32-17(29)13-24-11-8-6-7-9-15(24)27/h3-14,22H2,1-2H3,(H,23,30,31). The van der Waals surface area contributed by atoms with Crippen molar-refractivity contribution in [1.29, 1.82) is 0 Å². The average Bonchev–Trinajstić information content (AvgIpc) is 2.95. The Labute approximate surface area is 186 Å². The van der Waals surface area contributed by atoms with E-state index in [1.54, 1.807) is 0 Å². The van der Waals surface area contributed by atoms with Crippen LogP contribution in [0.4, 0.5) is 11.5 Å². The van der Waals surface area contributed by atoms with Crippen LogP contribution in [0.15, 0.2) is 9.59 Å². The molecule has 1 aromatic heterocycles. The summed E-state index contributed by atoms with van der Waals surface area (Å²) in [4.78, 5) is 66.6. The van der Waals surface area contributed by atoms with Crippen LogP contribution in [-0.4, -0.2) is 58.5 Å². The molecule has 0 atom stereocenters. The van der Waals surface area contributed by atoms with E-state index in [4.69, 9.17) is 10.5 Å². The molecule has 0 unspecified atom stereocenters. The molecule has 0 aromatic carbocycles. The van der Waals surface area contributed by atoms with Crippen LogP contribution in [0.1, 0.15) is 58.8 Å². The number of nitrogens with one attached hydrogen (secondary N) is 1. The lowest BCUT2D eigenvalue weighted by atomic mass is 10.2. The molecule has 0 saturated carbocycles. The summed E-state index contributed by atoms with van der Waals surface area (Å²) in [7, 11) is 0. The zero-order valence-corrected chi connectivity index (χ0v) is 18.9. The van der Waals surface area contributed by atoms with Crippen molar-refractivity contribution in [2.45, 2.75) is 65.3 Å². The van der Waals surface area contributed by atoms with Gasteiger partial charge in [0, 0.05) is 26.1 Å². The minimum Gasteiger partial charge on any atom is -0.454 e. The second-order valence-electron chi connectivity index (χ2n) is 7.83. The molecule has 178 valence electrons. The predicted molar refractivity (Wildman–Crippen MR) is 119 cm³/mol. The lowest BCUT2D eigenvalue weighted by Gasteiger charge is -2.24. The van der Waals surface area contributed by atoms with E-state index < -0.39 is 29.7 Å². The molecule has 1 aliphatic rings. The number of ether oxygens (including phenoxy) is 1. The Morgan fingerprint density at radius 3 is 2.56 bits per heavy atom. The maximum absolute atomic E-state index is 12.9. The normalized spacial score (nSPS) is 14.2. The number of carbonyl (C=O) groups excluding carboxylic acids is 3. The Morgan fingerprint density at radius 1 is 1.12 bits per heavy atom. The number of nitrogen functional groups attached to an aromatic ring is 1. The molecule has 32 heavy (non-hydrogen) atoms. The Bertz CT molecular complexity index is 938. The van der Waals surface area contributed by atoms with Gasteiger partial charge in [0.1, 0.15) is 12.4 Å². The highest BCUT2D eigenvalue weighted by molar-refractivity contribution is 5.97. The van der Waals surface area contributed by atoms with Crippen LogP contribution in [-0.2, 0) is 25.7 Å². The van der Waals surface area contributed by atoms with E-state index in [0.717, 1.165) is 30.6 Å². The number of amides is 2. The van der Waals surface area contributed by atoms with Gasteiger partial charge in [-0.2, -0.15) is 0 Å². The average molecular weight is 452 g/mol. The minimum absolute atomic E-state index is 0.104. The summed E-state index contributed by atoms with van der Waals surface area (Å²) in [6.45, 7) is 3.90. The molecule has 1 saturated heterocycles. The molecular formula is C21H33N5O6. The van der Waals surface area contributed by atoms with Crippen molar-refractivity contribution in [2.24, 2.45) is 0 Å². The first-order chi connectivity index (χ1) is 15.3. The van der Waals surface area contributed by atoms with Crippen molar-refractivity contribution in [3.8, 4) is 0 Å². The fourth-order valence-electron chi connectivity index (χ4n) is 3.59. The summed E-state index contributed by atoms with van der Waals surface area (Å²) in [5.41, 5.74) is 4.54. The second kappa shape index (κ2) is 12.1. The van der Waals surface area contributed by atoms with Crippen molar-refractivity contribution in [1.82, 2.24) is 14.5 Å². The van der Waals surface area contributed by atoms with Crippen LogP contribution < -0.4 is 21.9 Å². The first-order valence-corrected chi connectivity index (χ1v) is 11.2. The van der Waals surface area contributed by atoms with Gasteiger partial charge in [-0.05, 0) is 25.7 Å². The summed E-state index contributed by atoms with van der Waals surface area (Å²) < 4.78 is 6.32. The Morgan fingerprint density at radius 2 is 1.88 bits per heavy atom. The first kappa shape index (κ1) is 25.2. The Balaban J connectivity index is 2.16. The fraction of sp³-hybridized carbons (Fsp3) is 0.667. The second-order valence-corrected chi connectivity index (χ2v) is 7.83.